The lowest BCUT2D eigenvalue weighted by atomic mass is 10.0. The van der Waals surface area contributed by atoms with Gasteiger partial charge < -0.3 is 5.32 Å². The molecule has 2 rings (SSSR count). The van der Waals surface area contributed by atoms with Crippen molar-refractivity contribution in [3.63, 3.8) is 0 Å². The van der Waals surface area contributed by atoms with E-state index in [0.29, 0.717) is 5.70 Å². The predicted octanol–water partition coefficient (Wildman–Crippen LogP) is 2.23. The van der Waals surface area contributed by atoms with Crippen LogP contribution in [0.4, 0.5) is 4.39 Å². The zero-order valence-electron chi connectivity index (χ0n) is 11.6. The molecule has 108 valence electrons. The lowest BCUT2D eigenvalue weighted by Crippen LogP contribution is -2.68. The number of hydrogen-bond donors (Lipinski definition) is 1. The van der Waals surface area contributed by atoms with Crippen molar-refractivity contribution in [2.75, 3.05) is 0 Å². The highest BCUT2D eigenvalue weighted by Gasteiger charge is 2.49. The normalized spacial score (nSPS) is 21.4. The maximum atomic E-state index is 14.0. The van der Waals surface area contributed by atoms with Crippen LogP contribution in [0.5, 0.6) is 0 Å². The van der Waals surface area contributed by atoms with Gasteiger partial charge in [0.05, 0.1) is 6.42 Å². The molecule has 0 aliphatic carbocycles. The summed E-state index contributed by atoms with van der Waals surface area (Å²) in [6, 6.07) is 2.62. The van der Waals surface area contributed by atoms with Crippen LogP contribution in [0.3, 0.4) is 0 Å². The van der Waals surface area contributed by atoms with Crippen molar-refractivity contribution >= 4 is 23.2 Å². The summed E-state index contributed by atoms with van der Waals surface area (Å²) in [4.78, 5) is 25.6. The second-order valence-electron chi connectivity index (χ2n) is 4.97. The summed E-state index contributed by atoms with van der Waals surface area (Å²) in [5.41, 5.74) is 1.48. The Hall–Kier alpha value is -1.69. The quantitative estimate of drug-likeness (QED) is 0.684. The topological polar surface area (TPSA) is 49.4 Å². The maximum Gasteiger partial charge on any atom is 0.256 e. The Morgan fingerprint density at radius 1 is 1.45 bits per heavy atom. The molecule has 0 radical (unpaired) electrons. The van der Waals surface area contributed by atoms with E-state index in [1.165, 1.54) is 11.3 Å². The fourth-order valence-corrected chi connectivity index (χ4v) is 2.68. The minimum Gasteiger partial charge on any atom is -0.340 e. The Labute approximate surface area is 121 Å². The SMILES string of the molecule is CC(C)=C(C)N1C(=O)C(NC(=O)Cc2cccs2)C1F. The van der Waals surface area contributed by atoms with E-state index in [2.05, 4.69) is 5.32 Å². The first kappa shape index (κ1) is 14.7. The average molecular weight is 296 g/mol. The average Bonchev–Trinajstić information content (AvgIpc) is 2.88. The van der Waals surface area contributed by atoms with Crippen LogP contribution in [-0.4, -0.2) is 29.1 Å². The molecule has 0 aromatic carbocycles. The first-order chi connectivity index (χ1) is 9.41. The fourth-order valence-electron chi connectivity index (χ4n) is 1.97. The molecule has 0 bridgehead atoms. The zero-order chi connectivity index (χ0) is 14.9. The Morgan fingerprint density at radius 2 is 2.15 bits per heavy atom. The molecular formula is C14H17FN2O2S. The smallest absolute Gasteiger partial charge is 0.256 e. The van der Waals surface area contributed by atoms with Crippen molar-refractivity contribution in [2.24, 2.45) is 0 Å². The number of thiophene rings is 1. The molecule has 1 aromatic rings. The Kier molecular flexibility index (Phi) is 4.23. The van der Waals surface area contributed by atoms with Crippen LogP contribution >= 0.6 is 11.3 Å². The number of β-lactam (4-membered cyclic amide) rings is 1. The van der Waals surface area contributed by atoms with Gasteiger partial charge in [-0.2, -0.15) is 0 Å². The highest BCUT2D eigenvalue weighted by atomic mass is 32.1. The third-order valence-electron chi connectivity index (χ3n) is 3.34. The molecule has 1 aliphatic heterocycles. The number of amides is 2. The summed E-state index contributed by atoms with van der Waals surface area (Å²) >= 11 is 1.46. The number of nitrogens with one attached hydrogen (secondary N) is 1. The van der Waals surface area contributed by atoms with Crippen LogP contribution in [0.2, 0.25) is 0 Å². The fraction of sp³-hybridized carbons (Fsp3) is 0.429. The molecule has 0 saturated carbocycles. The number of halogens is 1. The standard InChI is InChI=1S/C14H17FN2O2S/c1-8(2)9(3)17-13(15)12(14(17)19)16-11(18)7-10-5-4-6-20-10/h4-6,12-13H,7H2,1-3H3,(H,16,18). The molecule has 2 heterocycles. The minimum absolute atomic E-state index is 0.176. The lowest BCUT2D eigenvalue weighted by Gasteiger charge is -2.43. The van der Waals surface area contributed by atoms with Gasteiger partial charge in [-0.3, -0.25) is 14.5 Å². The molecule has 6 heteroatoms. The Bertz CT molecular complexity index is 550. The molecule has 20 heavy (non-hydrogen) atoms. The Balaban J connectivity index is 1.94. The Morgan fingerprint density at radius 3 is 2.65 bits per heavy atom. The number of likely N-dealkylation sites (tertiary alicyclic amines) is 1. The number of alkyl halides is 1. The van der Waals surface area contributed by atoms with Crippen LogP contribution in [0.15, 0.2) is 28.8 Å². The van der Waals surface area contributed by atoms with Gasteiger partial charge >= 0.3 is 0 Å². The maximum absolute atomic E-state index is 14.0. The van der Waals surface area contributed by atoms with Crippen molar-refractivity contribution in [1.29, 1.82) is 0 Å². The summed E-state index contributed by atoms with van der Waals surface area (Å²) in [7, 11) is 0. The van der Waals surface area contributed by atoms with E-state index in [4.69, 9.17) is 0 Å². The van der Waals surface area contributed by atoms with Gasteiger partial charge in [-0.05, 0) is 32.2 Å². The van der Waals surface area contributed by atoms with E-state index in [1.54, 1.807) is 6.92 Å². The van der Waals surface area contributed by atoms with Crippen molar-refractivity contribution in [3.05, 3.63) is 33.7 Å². The molecule has 1 aliphatic rings. The second-order valence-corrected chi connectivity index (χ2v) is 6.00. The van der Waals surface area contributed by atoms with E-state index < -0.39 is 18.2 Å². The molecule has 1 N–H and O–H groups in total. The summed E-state index contributed by atoms with van der Waals surface area (Å²) < 4.78 is 14.0. The monoisotopic (exact) mass is 296 g/mol. The predicted molar refractivity (Wildman–Crippen MR) is 75.7 cm³/mol. The van der Waals surface area contributed by atoms with Gasteiger partial charge in [-0.25, -0.2) is 4.39 Å². The van der Waals surface area contributed by atoms with Crippen LogP contribution in [0.25, 0.3) is 0 Å². The zero-order valence-corrected chi connectivity index (χ0v) is 12.5. The van der Waals surface area contributed by atoms with E-state index in [9.17, 15) is 14.0 Å². The van der Waals surface area contributed by atoms with Crippen LogP contribution in [0.1, 0.15) is 25.6 Å². The molecule has 4 nitrogen and oxygen atoms in total. The van der Waals surface area contributed by atoms with Crippen molar-refractivity contribution < 1.29 is 14.0 Å². The van der Waals surface area contributed by atoms with Gasteiger partial charge in [-0.1, -0.05) is 11.6 Å². The third-order valence-corrected chi connectivity index (χ3v) is 4.22. The highest BCUT2D eigenvalue weighted by Crippen LogP contribution is 2.27. The van der Waals surface area contributed by atoms with Gasteiger partial charge in [0.15, 0.2) is 6.04 Å². The van der Waals surface area contributed by atoms with Crippen LogP contribution in [0, 0.1) is 0 Å². The van der Waals surface area contributed by atoms with E-state index in [-0.39, 0.29) is 12.3 Å². The van der Waals surface area contributed by atoms with Gasteiger partial charge in [0.25, 0.3) is 5.91 Å². The van der Waals surface area contributed by atoms with Gasteiger partial charge in [-0.15, -0.1) is 11.3 Å². The van der Waals surface area contributed by atoms with Gasteiger partial charge in [0.1, 0.15) is 0 Å². The van der Waals surface area contributed by atoms with Crippen LogP contribution in [-0.2, 0) is 16.0 Å². The summed E-state index contributed by atoms with van der Waals surface area (Å²) in [6.07, 6.45) is -1.31. The molecule has 2 atom stereocenters. The second kappa shape index (κ2) is 5.75. The van der Waals surface area contributed by atoms with Gasteiger partial charge in [0.2, 0.25) is 12.2 Å². The number of rotatable bonds is 4. The molecule has 1 aromatic heterocycles. The summed E-state index contributed by atoms with van der Waals surface area (Å²) in [5.74, 6) is -0.723. The number of nitrogens with zero attached hydrogens (tertiary/aromatic N) is 1. The van der Waals surface area contributed by atoms with E-state index in [0.717, 1.165) is 15.4 Å². The number of carbonyl (C=O) groups is 2. The van der Waals surface area contributed by atoms with Gasteiger partial charge in [0, 0.05) is 10.6 Å². The summed E-state index contributed by atoms with van der Waals surface area (Å²) in [6.45, 7) is 5.33. The van der Waals surface area contributed by atoms with E-state index in [1.807, 2.05) is 31.4 Å². The minimum atomic E-state index is -1.48. The summed E-state index contributed by atoms with van der Waals surface area (Å²) in [5, 5.41) is 4.33. The van der Waals surface area contributed by atoms with Crippen LogP contribution < -0.4 is 5.32 Å². The molecule has 1 fully saturated rings. The molecule has 1 saturated heterocycles. The lowest BCUT2D eigenvalue weighted by molar-refractivity contribution is -0.159. The van der Waals surface area contributed by atoms with Crippen molar-refractivity contribution in [2.45, 2.75) is 39.5 Å². The van der Waals surface area contributed by atoms with E-state index >= 15 is 0 Å². The van der Waals surface area contributed by atoms with Crippen molar-refractivity contribution in [1.82, 2.24) is 10.2 Å². The first-order valence-corrected chi connectivity index (χ1v) is 7.22. The van der Waals surface area contributed by atoms with Crippen molar-refractivity contribution in [3.8, 4) is 0 Å². The number of hydrogen-bond acceptors (Lipinski definition) is 3. The third kappa shape index (κ3) is 2.75. The number of allylic oxidation sites excluding steroid dienone is 2. The molecule has 0 spiro atoms. The number of carbonyl (C=O) groups excluding carboxylic acids is 2. The molecule has 2 unspecified atom stereocenters. The largest absolute Gasteiger partial charge is 0.340 e. The highest BCUT2D eigenvalue weighted by molar-refractivity contribution is 7.10. The molecular weight excluding hydrogens is 279 g/mol. The molecule has 2 amide bonds. The first-order valence-electron chi connectivity index (χ1n) is 6.34.